The predicted molar refractivity (Wildman–Crippen MR) is 86.0 cm³/mol. The lowest BCUT2D eigenvalue weighted by atomic mass is 9.74. The Morgan fingerprint density at radius 3 is 2.55 bits per heavy atom. The van der Waals surface area contributed by atoms with Crippen molar-refractivity contribution in [2.24, 2.45) is 11.8 Å². The van der Waals surface area contributed by atoms with Gasteiger partial charge in [0.05, 0.1) is 11.7 Å². The summed E-state index contributed by atoms with van der Waals surface area (Å²) in [6.07, 6.45) is 11.3. The summed E-state index contributed by atoms with van der Waals surface area (Å²) in [5.41, 5.74) is 0.121. The first-order valence-corrected chi connectivity index (χ1v) is 8.95. The van der Waals surface area contributed by atoms with Crippen LogP contribution in [0, 0.1) is 11.8 Å². The Kier molecular flexibility index (Phi) is 5.92. The number of ether oxygens (including phenoxy) is 1. The van der Waals surface area contributed by atoms with E-state index < -0.39 is 0 Å². The number of rotatable bonds is 6. The molecule has 2 heteroatoms. The Bertz CT molecular complexity index is 289. The van der Waals surface area contributed by atoms with E-state index in [0.29, 0.717) is 6.10 Å². The fourth-order valence-electron chi connectivity index (χ4n) is 4.40. The molecular weight excluding hydrogens is 246 g/mol. The monoisotopic (exact) mass is 281 g/mol. The third-order valence-corrected chi connectivity index (χ3v) is 5.37. The topological polar surface area (TPSA) is 21.3 Å². The van der Waals surface area contributed by atoms with Crippen LogP contribution >= 0.6 is 0 Å². The molecule has 0 aromatic carbocycles. The zero-order valence-electron chi connectivity index (χ0n) is 14.1. The molecule has 1 saturated carbocycles. The maximum Gasteiger partial charge on any atom is 0.0631 e. The molecular formula is C18H35NO. The molecule has 2 fully saturated rings. The van der Waals surface area contributed by atoms with Gasteiger partial charge >= 0.3 is 0 Å². The van der Waals surface area contributed by atoms with E-state index in [1.807, 2.05) is 0 Å². The van der Waals surface area contributed by atoms with Crippen LogP contribution in [0.1, 0.15) is 79.1 Å². The van der Waals surface area contributed by atoms with E-state index in [9.17, 15) is 0 Å². The van der Waals surface area contributed by atoms with Crippen molar-refractivity contribution in [3.8, 4) is 0 Å². The van der Waals surface area contributed by atoms with E-state index in [-0.39, 0.29) is 5.60 Å². The summed E-state index contributed by atoms with van der Waals surface area (Å²) >= 11 is 0. The Balaban J connectivity index is 1.89. The zero-order chi connectivity index (χ0) is 14.6. The quantitative estimate of drug-likeness (QED) is 0.772. The summed E-state index contributed by atoms with van der Waals surface area (Å²) in [5.74, 6) is 1.80. The van der Waals surface area contributed by atoms with Crippen LogP contribution in [0.5, 0.6) is 0 Å². The van der Waals surface area contributed by atoms with Crippen molar-refractivity contribution in [2.45, 2.75) is 96.8 Å². The highest BCUT2D eigenvalue weighted by Crippen LogP contribution is 2.39. The van der Waals surface area contributed by atoms with Gasteiger partial charge in [-0.1, -0.05) is 26.7 Å². The molecule has 0 spiro atoms. The molecule has 2 nitrogen and oxygen atoms in total. The van der Waals surface area contributed by atoms with Crippen LogP contribution in [0.3, 0.4) is 0 Å². The third kappa shape index (κ3) is 4.46. The molecule has 1 aliphatic heterocycles. The highest BCUT2D eigenvalue weighted by atomic mass is 16.5. The Morgan fingerprint density at radius 2 is 1.95 bits per heavy atom. The molecule has 1 heterocycles. The fourth-order valence-corrected chi connectivity index (χ4v) is 4.40. The van der Waals surface area contributed by atoms with Crippen LogP contribution in [0.15, 0.2) is 0 Å². The molecule has 1 aliphatic carbocycles. The van der Waals surface area contributed by atoms with Gasteiger partial charge in [-0.15, -0.1) is 0 Å². The molecule has 0 aromatic heterocycles. The van der Waals surface area contributed by atoms with Gasteiger partial charge in [-0.25, -0.2) is 0 Å². The SMILES string of the molecule is CCCC1CCC(NCC)C(CC2CCC(C)(C)O2)C1. The van der Waals surface area contributed by atoms with Crippen molar-refractivity contribution in [2.75, 3.05) is 6.54 Å². The van der Waals surface area contributed by atoms with Crippen LogP contribution in [0.4, 0.5) is 0 Å². The summed E-state index contributed by atoms with van der Waals surface area (Å²) < 4.78 is 6.25. The average molecular weight is 281 g/mol. The lowest BCUT2D eigenvalue weighted by Gasteiger charge is -2.38. The van der Waals surface area contributed by atoms with E-state index in [4.69, 9.17) is 4.74 Å². The molecule has 1 saturated heterocycles. The second-order valence-corrected chi connectivity index (χ2v) is 7.67. The largest absolute Gasteiger partial charge is 0.372 e. The van der Waals surface area contributed by atoms with E-state index in [0.717, 1.165) is 24.4 Å². The first-order chi connectivity index (χ1) is 9.54. The van der Waals surface area contributed by atoms with Gasteiger partial charge in [-0.05, 0) is 70.8 Å². The summed E-state index contributed by atoms with van der Waals surface area (Å²) in [6, 6.07) is 0.736. The Hall–Kier alpha value is -0.0800. The van der Waals surface area contributed by atoms with E-state index in [1.54, 1.807) is 0 Å². The highest BCUT2D eigenvalue weighted by molar-refractivity contribution is 4.89. The normalized spacial score (nSPS) is 37.2. The smallest absolute Gasteiger partial charge is 0.0631 e. The first kappa shape index (κ1) is 16.3. The molecule has 4 unspecified atom stereocenters. The summed E-state index contributed by atoms with van der Waals surface area (Å²) in [6.45, 7) is 10.2. The van der Waals surface area contributed by atoms with Gasteiger partial charge in [0, 0.05) is 6.04 Å². The second-order valence-electron chi connectivity index (χ2n) is 7.67. The molecule has 4 atom stereocenters. The molecule has 2 rings (SSSR count). The van der Waals surface area contributed by atoms with Gasteiger partial charge in [0.2, 0.25) is 0 Å². The molecule has 2 aliphatic rings. The highest BCUT2D eigenvalue weighted by Gasteiger charge is 2.36. The van der Waals surface area contributed by atoms with E-state index >= 15 is 0 Å². The zero-order valence-corrected chi connectivity index (χ0v) is 14.1. The standard InChI is InChI=1S/C18H35NO/c1-5-7-14-8-9-17(19-6-2)15(12-14)13-16-10-11-18(3,4)20-16/h14-17,19H,5-13H2,1-4H3. The summed E-state index contributed by atoms with van der Waals surface area (Å²) in [4.78, 5) is 0. The van der Waals surface area contributed by atoms with Crippen molar-refractivity contribution in [3.05, 3.63) is 0 Å². The lowest BCUT2D eigenvalue weighted by molar-refractivity contribution is -0.0306. The van der Waals surface area contributed by atoms with Gasteiger partial charge in [-0.2, -0.15) is 0 Å². The van der Waals surface area contributed by atoms with E-state index in [1.165, 1.54) is 51.4 Å². The number of hydrogen-bond donors (Lipinski definition) is 1. The average Bonchev–Trinajstić information content (AvgIpc) is 2.72. The van der Waals surface area contributed by atoms with Crippen molar-refractivity contribution in [1.29, 1.82) is 0 Å². The van der Waals surface area contributed by atoms with Crippen LogP contribution < -0.4 is 5.32 Å². The van der Waals surface area contributed by atoms with Gasteiger partial charge in [0.15, 0.2) is 0 Å². The first-order valence-electron chi connectivity index (χ1n) is 8.95. The minimum atomic E-state index is 0.121. The van der Waals surface area contributed by atoms with Crippen LogP contribution in [0.2, 0.25) is 0 Å². The summed E-state index contributed by atoms with van der Waals surface area (Å²) in [7, 11) is 0. The lowest BCUT2D eigenvalue weighted by Crippen LogP contribution is -2.42. The molecule has 118 valence electrons. The maximum absolute atomic E-state index is 6.25. The van der Waals surface area contributed by atoms with Crippen molar-refractivity contribution in [1.82, 2.24) is 5.32 Å². The molecule has 0 aromatic rings. The Labute approximate surface area is 126 Å². The van der Waals surface area contributed by atoms with Crippen molar-refractivity contribution < 1.29 is 4.74 Å². The van der Waals surface area contributed by atoms with Gasteiger partial charge in [0.25, 0.3) is 0 Å². The molecule has 0 bridgehead atoms. The second kappa shape index (κ2) is 7.26. The van der Waals surface area contributed by atoms with Crippen molar-refractivity contribution in [3.63, 3.8) is 0 Å². The van der Waals surface area contributed by atoms with E-state index in [2.05, 4.69) is 33.0 Å². The van der Waals surface area contributed by atoms with Crippen LogP contribution in [-0.2, 0) is 4.74 Å². The third-order valence-electron chi connectivity index (χ3n) is 5.37. The van der Waals surface area contributed by atoms with Gasteiger partial charge < -0.3 is 10.1 Å². The minimum absolute atomic E-state index is 0.121. The maximum atomic E-state index is 6.25. The minimum Gasteiger partial charge on any atom is -0.372 e. The van der Waals surface area contributed by atoms with Gasteiger partial charge in [0.1, 0.15) is 0 Å². The number of hydrogen-bond acceptors (Lipinski definition) is 2. The molecule has 1 N–H and O–H groups in total. The van der Waals surface area contributed by atoms with Gasteiger partial charge in [-0.3, -0.25) is 0 Å². The fraction of sp³-hybridized carbons (Fsp3) is 1.00. The van der Waals surface area contributed by atoms with Crippen molar-refractivity contribution >= 4 is 0 Å². The number of nitrogens with one attached hydrogen (secondary N) is 1. The Morgan fingerprint density at radius 1 is 1.15 bits per heavy atom. The summed E-state index contributed by atoms with van der Waals surface area (Å²) in [5, 5.41) is 3.74. The molecule has 20 heavy (non-hydrogen) atoms. The molecule has 0 amide bonds. The molecule has 0 radical (unpaired) electrons. The van der Waals surface area contributed by atoms with Crippen LogP contribution in [-0.4, -0.2) is 24.3 Å². The van der Waals surface area contributed by atoms with Crippen LogP contribution in [0.25, 0.3) is 0 Å². The predicted octanol–water partition coefficient (Wildman–Crippen LogP) is 4.53.